The Kier molecular flexibility index (Phi) is 4.67. The Morgan fingerprint density at radius 3 is 2.52 bits per heavy atom. The summed E-state index contributed by atoms with van der Waals surface area (Å²) in [4.78, 5) is 29.0. The van der Waals surface area contributed by atoms with E-state index in [1.165, 1.54) is 12.1 Å². The number of nitrogens with zero attached hydrogens (tertiary/aromatic N) is 2. The molecule has 2 amide bonds. The molecule has 0 spiro atoms. The molecule has 4 aliphatic rings. The summed E-state index contributed by atoms with van der Waals surface area (Å²) in [6.07, 6.45) is 0. The maximum absolute atomic E-state index is 13.8. The number of fused-ring (bicyclic) bond motifs is 2. The second-order valence-electron chi connectivity index (χ2n) is 8.35. The van der Waals surface area contributed by atoms with Crippen molar-refractivity contribution in [2.45, 2.75) is 13.0 Å². The van der Waals surface area contributed by atoms with Gasteiger partial charge in [0.1, 0.15) is 5.82 Å². The van der Waals surface area contributed by atoms with Crippen molar-refractivity contribution >= 4 is 24.2 Å². The number of hydrogen-bond donors (Lipinski definition) is 1. The number of piperidine rings is 1. The maximum atomic E-state index is 13.8. The van der Waals surface area contributed by atoms with Gasteiger partial charge in [0.15, 0.2) is 0 Å². The Hall–Kier alpha value is -1.66. The second-order valence-corrected chi connectivity index (χ2v) is 8.35. The molecule has 0 bridgehead atoms. The lowest BCUT2D eigenvalue weighted by Crippen LogP contribution is -2.38. The molecule has 4 fully saturated rings. The number of carbonyl (C=O) groups excluding carboxylic acids is 2. The minimum Gasteiger partial charge on any atom is -0.342 e. The Balaban J connectivity index is 0.00000180. The monoisotopic (exact) mass is 393 g/mol. The van der Waals surface area contributed by atoms with Crippen LogP contribution in [0.4, 0.5) is 4.39 Å². The van der Waals surface area contributed by atoms with E-state index in [-0.39, 0.29) is 47.9 Å². The first kappa shape index (κ1) is 18.7. The minimum absolute atomic E-state index is 0. The molecule has 1 unspecified atom stereocenters. The van der Waals surface area contributed by atoms with Crippen LogP contribution in [-0.4, -0.2) is 54.3 Å². The number of benzene rings is 1. The van der Waals surface area contributed by atoms with Gasteiger partial charge in [0, 0.05) is 44.3 Å². The van der Waals surface area contributed by atoms with Gasteiger partial charge in [-0.3, -0.25) is 9.59 Å². The molecule has 1 aromatic rings. The first-order chi connectivity index (χ1) is 12.5. The van der Waals surface area contributed by atoms with Gasteiger partial charge >= 0.3 is 0 Å². The fourth-order valence-electron chi connectivity index (χ4n) is 5.66. The van der Waals surface area contributed by atoms with E-state index in [9.17, 15) is 14.0 Å². The van der Waals surface area contributed by atoms with Gasteiger partial charge in [-0.15, -0.1) is 12.4 Å². The average Bonchev–Trinajstić information content (AvgIpc) is 3.00. The lowest BCUT2D eigenvalue weighted by molar-refractivity contribution is -0.133. The molecule has 7 heteroatoms. The summed E-state index contributed by atoms with van der Waals surface area (Å²) in [5.74, 6) is 1.77. The number of rotatable bonds is 2. The molecular formula is C20H25ClFN3O2. The van der Waals surface area contributed by atoms with E-state index in [0.29, 0.717) is 30.8 Å². The Labute approximate surface area is 164 Å². The van der Waals surface area contributed by atoms with Crippen LogP contribution in [0.5, 0.6) is 0 Å². The van der Waals surface area contributed by atoms with Gasteiger partial charge in [-0.25, -0.2) is 4.39 Å². The van der Waals surface area contributed by atoms with Crippen LogP contribution in [0.15, 0.2) is 24.3 Å². The highest BCUT2D eigenvalue weighted by Gasteiger charge is 2.59. The molecule has 1 aliphatic carbocycles. The average molecular weight is 394 g/mol. The number of carbonyl (C=O) groups is 2. The van der Waals surface area contributed by atoms with Crippen molar-refractivity contribution in [1.29, 1.82) is 0 Å². The van der Waals surface area contributed by atoms with Crippen LogP contribution in [0.2, 0.25) is 0 Å². The summed E-state index contributed by atoms with van der Waals surface area (Å²) in [6.45, 7) is 5.57. The summed E-state index contributed by atoms with van der Waals surface area (Å²) >= 11 is 0. The Bertz CT molecular complexity index is 765. The highest BCUT2D eigenvalue weighted by atomic mass is 35.5. The molecule has 3 heterocycles. The highest BCUT2D eigenvalue weighted by Crippen LogP contribution is 2.51. The molecule has 1 aromatic carbocycles. The van der Waals surface area contributed by atoms with Crippen LogP contribution >= 0.6 is 12.4 Å². The molecule has 3 saturated heterocycles. The van der Waals surface area contributed by atoms with Gasteiger partial charge in [0.2, 0.25) is 11.8 Å². The molecule has 0 radical (unpaired) electrons. The predicted octanol–water partition coefficient (Wildman–Crippen LogP) is 1.69. The van der Waals surface area contributed by atoms with E-state index < -0.39 is 0 Å². The third-order valence-corrected chi connectivity index (χ3v) is 6.95. The number of hydrogen-bond acceptors (Lipinski definition) is 3. The van der Waals surface area contributed by atoms with E-state index in [1.54, 1.807) is 13.0 Å². The first-order valence-corrected chi connectivity index (χ1v) is 9.57. The third kappa shape index (κ3) is 2.93. The molecule has 1 N–H and O–H groups in total. The Morgan fingerprint density at radius 1 is 1.11 bits per heavy atom. The zero-order chi connectivity index (χ0) is 18.0. The van der Waals surface area contributed by atoms with Crippen LogP contribution in [0, 0.1) is 35.4 Å². The summed E-state index contributed by atoms with van der Waals surface area (Å²) in [5, 5.41) is 3.34. The van der Waals surface area contributed by atoms with Crippen molar-refractivity contribution in [2.75, 3.05) is 32.7 Å². The fraction of sp³-hybridized carbons (Fsp3) is 0.600. The predicted molar refractivity (Wildman–Crippen MR) is 101 cm³/mol. The van der Waals surface area contributed by atoms with Gasteiger partial charge in [0.05, 0.1) is 6.04 Å². The molecule has 3 aliphatic heterocycles. The number of likely N-dealkylation sites (tertiary alicyclic amines) is 2. The van der Waals surface area contributed by atoms with E-state index in [0.717, 1.165) is 25.2 Å². The van der Waals surface area contributed by atoms with Gasteiger partial charge in [-0.1, -0.05) is 12.1 Å². The lowest BCUT2D eigenvalue weighted by atomic mass is 9.89. The highest BCUT2D eigenvalue weighted by molar-refractivity contribution is 5.85. The van der Waals surface area contributed by atoms with Crippen molar-refractivity contribution in [3.05, 3.63) is 35.6 Å². The molecule has 1 saturated carbocycles. The molecule has 27 heavy (non-hydrogen) atoms. The van der Waals surface area contributed by atoms with Crippen LogP contribution in [0.3, 0.4) is 0 Å². The quantitative estimate of drug-likeness (QED) is 0.832. The topological polar surface area (TPSA) is 52.7 Å². The van der Waals surface area contributed by atoms with Gasteiger partial charge in [-0.05, 0) is 42.6 Å². The number of nitrogens with one attached hydrogen (secondary N) is 1. The van der Waals surface area contributed by atoms with Gasteiger partial charge in [-0.2, -0.15) is 0 Å². The maximum Gasteiger partial charge on any atom is 0.226 e. The number of amides is 2. The standard InChI is InChI=1S/C20H24FN3O2.ClH/c1-11(25)24-9-13-8-23(20(26)18-15-6-22-7-16(15)18)10-17(13)19(24)12-3-2-4-14(21)5-12;/h2-5,13,15-19,22H,6-10H2,1H3;1H/t13-,15-,16+,17-,18?,19+;/m1./s1. The third-order valence-electron chi connectivity index (χ3n) is 6.95. The van der Waals surface area contributed by atoms with Crippen molar-refractivity contribution < 1.29 is 14.0 Å². The van der Waals surface area contributed by atoms with Crippen LogP contribution in [0.25, 0.3) is 0 Å². The summed E-state index contributed by atoms with van der Waals surface area (Å²) in [5.41, 5.74) is 0.842. The van der Waals surface area contributed by atoms with E-state index >= 15 is 0 Å². The lowest BCUT2D eigenvalue weighted by Gasteiger charge is -2.29. The van der Waals surface area contributed by atoms with Crippen molar-refractivity contribution in [3.8, 4) is 0 Å². The van der Waals surface area contributed by atoms with E-state index in [1.807, 2.05) is 15.9 Å². The largest absolute Gasteiger partial charge is 0.342 e. The smallest absolute Gasteiger partial charge is 0.226 e. The fourth-order valence-corrected chi connectivity index (χ4v) is 5.66. The van der Waals surface area contributed by atoms with E-state index in [4.69, 9.17) is 0 Å². The second kappa shape index (κ2) is 6.74. The molecule has 146 valence electrons. The molecular weight excluding hydrogens is 369 g/mol. The van der Waals surface area contributed by atoms with Gasteiger partial charge in [0.25, 0.3) is 0 Å². The Morgan fingerprint density at radius 2 is 1.85 bits per heavy atom. The normalized spacial score (nSPS) is 36.2. The summed E-state index contributed by atoms with van der Waals surface area (Å²) in [7, 11) is 0. The van der Waals surface area contributed by atoms with Crippen LogP contribution in [-0.2, 0) is 9.59 Å². The van der Waals surface area contributed by atoms with Crippen LogP contribution in [0.1, 0.15) is 18.5 Å². The molecule has 5 nitrogen and oxygen atoms in total. The van der Waals surface area contributed by atoms with E-state index in [2.05, 4.69) is 5.32 Å². The summed E-state index contributed by atoms with van der Waals surface area (Å²) < 4.78 is 13.8. The molecule has 0 aromatic heterocycles. The number of halogens is 2. The SMILES string of the molecule is CC(=O)N1C[C@H]2CN(C(=O)C3[C@H]4CNC[C@@H]34)C[C@H]2[C@@H]1c1cccc(F)c1.Cl. The summed E-state index contributed by atoms with van der Waals surface area (Å²) in [6, 6.07) is 6.43. The van der Waals surface area contributed by atoms with Crippen molar-refractivity contribution in [2.24, 2.45) is 29.6 Å². The van der Waals surface area contributed by atoms with Crippen molar-refractivity contribution in [1.82, 2.24) is 15.1 Å². The zero-order valence-corrected chi connectivity index (χ0v) is 16.1. The van der Waals surface area contributed by atoms with Crippen LogP contribution < -0.4 is 5.32 Å². The molecule has 5 rings (SSSR count). The van der Waals surface area contributed by atoms with Crippen molar-refractivity contribution in [3.63, 3.8) is 0 Å². The minimum atomic E-state index is -0.279. The molecule has 6 atom stereocenters. The zero-order valence-electron chi connectivity index (χ0n) is 15.3. The van der Waals surface area contributed by atoms with Gasteiger partial charge < -0.3 is 15.1 Å². The first-order valence-electron chi connectivity index (χ1n) is 9.57.